The molecule has 0 aliphatic heterocycles. The topological polar surface area (TPSA) is 26.3 Å². The van der Waals surface area contributed by atoms with E-state index in [0.29, 0.717) is 6.61 Å². The van der Waals surface area contributed by atoms with Crippen LogP contribution in [-0.4, -0.2) is 24.1 Å². The van der Waals surface area contributed by atoms with Crippen LogP contribution in [0, 0.1) is 0 Å². The Labute approximate surface area is 75.2 Å². The normalized spacial score (nSPS) is 9.18. The summed E-state index contributed by atoms with van der Waals surface area (Å²) in [4.78, 5) is 10.3. The number of ether oxygens (including phenoxy) is 1. The van der Waals surface area contributed by atoms with Crippen molar-refractivity contribution < 1.29 is 9.53 Å². The van der Waals surface area contributed by atoms with E-state index in [-0.39, 0.29) is 5.97 Å². The summed E-state index contributed by atoms with van der Waals surface area (Å²) >= 11 is 0. The molecule has 0 fully saturated rings. The molecule has 0 aromatic carbocycles. The van der Waals surface area contributed by atoms with Crippen molar-refractivity contribution in [1.29, 1.82) is 0 Å². The SMILES string of the molecule is C=CCSSCCOC(C)=O. The highest BCUT2D eigenvalue weighted by atomic mass is 33.1. The molecule has 64 valence electrons. The maximum Gasteiger partial charge on any atom is 0.302 e. The molecule has 0 N–H and O–H groups in total. The highest BCUT2D eigenvalue weighted by Crippen LogP contribution is 2.20. The highest BCUT2D eigenvalue weighted by molar-refractivity contribution is 8.76. The molecule has 2 nitrogen and oxygen atoms in total. The summed E-state index contributed by atoms with van der Waals surface area (Å²) in [5.41, 5.74) is 0. The Morgan fingerprint density at radius 3 is 2.91 bits per heavy atom. The van der Waals surface area contributed by atoms with Gasteiger partial charge in [-0.3, -0.25) is 4.79 Å². The molecule has 0 saturated heterocycles. The van der Waals surface area contributed by atoms with Crippen LogP contribution < -0.4 is 0 Å². The third-order valence-corrected chi connectivity index (χ3v) is 3.02. The summed E-state index contributed by atoms with van der Waals surface area (Å²) in [7, 11) is 3.40. The van der Waals surface area contributed by atoms with Gasteiger partial charge in [-0.2, -0.15) is 0 Å². The Bertz CT molecular complexity index is 126. The molecule has 0 aromatic heterocycles. The quantitative estimate of drug-likeness (QED) is 0.279. The Morgan fingerprint density at radius 2 is 2.36 bits per heavy atom. The van der Waals surface area contributed by atoms with Gasteiger partial charge in [-0.1, -0.05) is 27.7 Å². The van der Waals surface area contributed by atoms with Gasteiger partial charge in [0.1, 0.15) is 6.61 Å². The number of carbonyl (C=O) groups is 1. The minimum atomic E-state index is -0.209. The fourth-order valence-electron chi connectivity index (χ4n) is 0.375. The van der Waals surface area contributed by atoms with E-state index in [1.54, 1.807) is 21.6 Å². The van der Waals surface area contributed by atoms with E-state index in [9.17, 15) is 4.79 Å². The van der Waals surface area contributed by atoms with Gasteiger partial charge in [0.25, 0.3) is 0 Å². The second kappa shape index (κ2) is 8.01. The molecule has 0 amide bonds. The van der Waals surface area contributed by atoms with Crippen LogP contribution in [0.4, 0.5) is 0 Å². The predicted molar refractivity (Wildman–Crippen MR) is 51.7 cm³/mol. The number of esters is 1. The van der Waals surface area contributed by atoms with Crippen molar-refractivity contribution in [3.8, 4) is 0 Å². The van der Waals surface area contributed by atoms with Crippen molar-refractivity contribution in [3.05, 3.63) is 12.7 Å². The third-order valence-electron chi connectivity index (χ3n) is 0.741. The molecule has 0 saturated carbocycles. The van der Waals surface area contributed by atoms with Crippen molar-refractivity contribution >= 4 is 27.6 Å². The largest absolute Gasteiger partial charge is 0.465 e. The molecule has 0 bridgehead atoms. The minimum absolute atomic E-state index is 0.209. The molecule has 4 heteroatoms. The molecule has 0 rings (SSSR count). The summed E-state index contributed by atoms with van der Waals surface area (Å²) in [5.74, 6) is 1.57. The molecule has 11 heavy (non-hydrogen) atoms. The van der Waals surface area contributed by atoms with Gasteiger partial charge in [-0.15, -0.1) is 6.58 Å². The standard InChI is InChI=1S/C7H12O2S2/c1-3-5-10-11-6-4-9-7(2)8/h3H,1,4-6H2,2H3. The van der Waals surface area contributed by atoms with E-state index in [0.717, 1.165) is 11.5 Å². The van der Waals surface area contributed by atoms with Crippen LogP contribution in [0.15, 0.2) is 12.7 Å². The Morgan fingerprint density at radius 1 is 1.64 bits per heavy atom. The van der Waals surface area contributed by atoms with Gasteiger partial charge < -0.3 is 4.74 Å². The Kier molecular flexibility index (Phi) is 7.95. The lowest BCUT2D eigenvalue weighted by Gasteiger charge is -1.99. The van der Waals surface area contributed by atoms with E-state index >= 15 is 0 Å². The van der Waals surface area contributed by atoms with E-state index in [1.165, 1.54) is 6.92 Å². The second-order valence-electron chi connectivity index (χ2n) is 1.74. The lowest BCUT2D eigenvalue weighted by Crippen LogP contribution is -2.01. The minimum Gasteiger partial charge on any atom is -0.465 e. The van der Waals surface area contributed by atoms with Crippen LogP contribution in [-0.2, 0) is 9.53 Å². The molecule has 0 aromatic rings. The van der Waals surface area contributed by atoms with Crippen molar-refractivity contribution in [2.45, 2.75) is 6.92 Å². The summed E-state index contributed by atoms with van der Waals surface area (Å²) in [6, 6.07) is 0. The molecule has 0 radical (unpaired) electrons. The van der Waals surface area contributed by atoms with Gasteiger partial charge in [-0.05, 0) is 0 Å². The van der Waals surface area contributed by atoms with Gasteiger partial charge in [0.05, 0.1) is 0 Å². The average molecular weight is 192 g/mol. The average Bonchev–Trinajstić information content (AvgIpc) is 1.96. The van der Waals surface area contributed by atoms with Crippen molar-refractivity contribution in [2.24, 2.45) is 0 Å². The van der Waals surface area contributed by atoms with Crippen LogP contribution in [0.5, 0.6) is 0 Å². The van der Waals surface area contributed by atoms with E-state index in [2.05, 4.69) is 6.58 Å². The van der Waals surface area contributed by atoms with Gasteiger partial charge >= 0.3 is 5.97 Å². The van der Waals surface area contributed by atoms with Crippen molar-refractivity contribution in [1.82, 2.24) is 0 Å². The van der Waals surface area contributed by atoms with Crippen LogP contribution >= 0.6 is 21.6 Å². The van der Waals surface area contributed by atoms with Crippen molar-refractivity contribution in [3.63, 3.8) is 0 Å². The Balaban J connectivity index is 2.90. The Hall–Kier alpha value is -0.0900. The zero-order chi connectivity index (χ0) is 8.53. The first-order valence-electron chi connectivity index (χ1n) is 3.26. The molecule has 0 atom stereocenters. The first kappa shape index (κ1) is 10.9. The van der Waals surface area contributed by atoms with Crippen LogP contribution in [0.2, 0.25) is 0 Å². The van der Waals surface area contributed by atoms with Crippen molar-refractivity contribution in [2.75, 3.05) is 18.1 Å². The maximum atomic E-state index is 10.3. The zero-order valence-corrected chi connectivity index (χ0v) is 8.17. The lowest BCUT2D eigenvalue weighted by molar-refractivity contribution is -0.140. The van der Waals surface area contributed by atoms with Crippen LogP contribution in [0.25, 0.3) is 0 Å². The predicted octanol–water partition coefficient (Wildman–Crippen LogP) is 2.12. The first-order chi connectivity index (χ1) is 5.27. The monoisotopic (exact) mass is 192 g/mol. The molecule has 0 heterocycles. The molecule has 0 unspecified atom stereocenters. The zero-order valence-electron chi connectivity index (χ0n) is 6.54. The lowest BCUT2D eigenvalue weighted by atomic mass is 10.8. The van der Waals surface area contributed by atoms with Crippen LogP contribution in [0.1, 0.15) is 6.92 Å². The molecule has 0 aliphatic carbocycles. The summed E-state index contributed by atoms with van der Waals surface area (Å²) < 4.78 is 4.72. The first-order valence-corrected chi connectivity index (χ1v) is 5.75. The van der Waals surface area contributed by atoms with E-state index in [1.807, 2.05) is 6.08 Å². The highest BCUT2D eigenvalue weighted by Gasteiger charge is 1.92. The van der Waals surface area contributed by atoms with Gasteiger partial charge in [0.15, 0.2) is 0 Å². The molecule has 0 spiro atoms. The smallest absolute Gasteiger partial charge is 0.302 e. The maximum absolute atomic E-state index is 10.3. The van der Waals surface area contributed by atoms with Crippen LogP contribution in [0.3, 0.4) is 0 Å². The third kappa shape index (κ3) is 9.91. The number of hydrogen-bond donors (Lipinski definition) is 0. The van der Waals surface area contributed by atoms with Gasteiger partial charge in [0, 0.05) is 18.4 Å². The number of rotatable bonds is 6. The summed E-state index contributed by atoms with van der Waals surface area (Å²) in [6.07, 6.45) is 1.85. The van der Waals surface area contributed by atoms with E-state index < -0.39 is 0 Å². The van der Waals surface area contributed by atoms with Gasteiger partial charge in [-0.25, -0.2) is 0 Å². The summed E-state index contributed by atoms with van der Waals surface area (Å²) in [5, 5.41) is 0. The summed E-state index contributed by atoms with van der Waals surface area (Å²) in [6.45, 7) is 5.51. The molecular formula is C7H12O2S2. The number of carbonyl (C=O) groups excluding carboxylic acids is 1. The molecule has 0 aliphatic rings. The molecular weight excluding hydrogens is 180 g/mol. The van der Waals surface area contributed by atoms with E-state index in [4.69, 9.17) is 4.74 Å². The van der Waals surface area contributed by atoms with Gasteiger partial charge in [0.2, 0.25) is 0 Å². The second-order valence-corrected chi connectivity index (χ2v) is 4.36. The fraction of sp³-hybridized carbons (Fsp3) is 0.571. The number of hydrogen-bond acceptors (Lipinski definition) is 4. The fourth-order valence-corrected chi connectivity index (χ4v) is 1.97.